The predicted octanol–water partition coefficient (Wildman–Crippen LogP) is 3.44. The summed E-state index contributed by atoms with van der Waals surface area (Å²) < 4.78 is 78.1. The lowest BCUT2D eigenvalue weighted by Crippen LogP contribution is -2.42. The Balaban J connectivity index is 1.64. The average Bonchev–Trinajstić information content (AvgIpc) is 3.11. The molecule has 0 unspecified atom stereocenters. The van der Waals surface area contributed by atoms with Crippen LogP contribution in [0, 0.1) is 17.1 Å². The standard InChI is InChI=1S/C16H14F4N4O2S2/c17-13-7-12(2-1-10(13)8-21)28(25,26)24-5-3-11(4-6-24)23-15-22-9-14(27-15)16(18,19)20/h1-2,7,9,11H,3-6H2,(H,22,23). The van der Waals surface area contributed by atoms with E-state index in [1.165, 1.54) is 10.4 Å². The van der Waals surface area contributed by atoms with E-state index in [2.05, 4.69) is 10.3 Å². The Hall–Kier alpha value is -2.23. The van der Waals surface area contributed by atoms with Gasteiger partial charge in [-0.25, -0.2) is 17.8 Å². The maximum atomic E-state index is 13.7. The van der Waals surface area contributed by atoms with Crippen LogP contribution in [0.5, 0.6) is 0 Å². The number of halogens is 4. The van der Waals surface area contributed by atoms with Gasteiger partial charge in [0.25, 0.3) is 0 Å². The summed E-state index contributed by atoms with van der Waals surface area (Å²) in [7, 11) is -3.93. The third-order valence-electron chi connectivity index (χ3n) is 4.27. The van der Waals surface area contributed by atoms with Crippen LogP contribution < -0.4 is 5.32 Å². The maximum absolute atomic E-state index is 13.7. The molecule has 1 aromatic carbocycles. The molecule has 3 rings (SSSR count). The van der Waals surface area contributed by atoms with Gasteiger partial charge in [0.2, 0.25) is 10.0 Å². The Morgan fingerprint density at radius 3 is 2.50 bits per heavy atom. The number of sulfonamides is 1. The molecular weight excluding hydrogens is 420 g/mol. The molecule has 12 heteroatoms. The molecule has 2 aromatic rings. The SMILES string of the molecule is N#Cc1ccc(S(=O)(=O)N2CCC(Nc3ncc(C(F)(F)F)s3)CC2)cc1F. The number of nitriles is 1. The molecule has 0 atom stereocenters. The van der Waals surface area contributed by atoms with Gasteiger partial charge in [-0.05, 0) is 31.0 Å². The monoisotopic (exact) mass is 434 g/mol. The smallest absolute Gasteiger partial charge is 0.359 e. The number of aromatic nitrogens is 1. The fourth-order valence-corrected chi connectivity index (χ4v) is 5.03. The van der Waals surface area contributed by atoms with Crippen molar-refractivity contribution in [1.29, 1.82) is 5.26 Å². The molecule has 6 nitrogen and oxygen atoms in total. The molecule has 1 aromatic heterocycles. The van der Waals surface area contributed by atoms with Crippen LogP contribution in [0.1, 0.15) is 23.3 Å². The van der Waals surface area contributed by atoms with Crippen molar-refractivity contribution in [2.75, 3.05) is 18.4 Å². The van der Waals surface area contributed by atoms with Gasteiger partial charge in [-0.3, -0.25) is 0 Å². The summed E-state index contributed by atoms with van der Waals surface area (Å²) >= 11 is 0.495. The largest absolute Gasteiger partial charge is 0.427 e. The van der Waals surface area contributed by atoms with E-state index in [4.69, 9.17) is 5.26 Å². The zero-order valence-corrected chi connectivity index (χ0v) is 15.8. The van der Waals surface area contributed by atoms with Gasteiger partial charge < -0.3 is 5.32 Å². The molecule has 28 heavy (non-hydrogen) atoms. The minimum Gasteiger partial charge on any atom is -0.359 e. The average molecular weight is 434 g/mol. The lowest BCUT2D eigenvalue weighted by Gasteiger charge is -2.31. The van der Waals surface area contributed by atoms with E-state index in [-0.39, 0.29) is 34.7 Å². The summed E-state index contributed by atoms with van der Waals surface area (Å²) in [4.78, 5) is 2.65. The van der Waals surface area contributed by atoms with E-state index in [1.807, 2.05) is 0 Å². The summed E-state index contributed by atoms with van der Waals surface area (Å²) in [5.41, 5.74) is -0.247. The number of piperidine rings is 1. The molecular formula is C16H14F4N4O2S2. The molecule has 0 spiro atoms. The highest BCUT2D eigenvalue weighted by Crippen LogP contribution is 2.35. The topological polar surface area (TPSA) is 86.1 Å². The molecule has 2 heterocycles. The van der Waals surface area contributed by atoms with Gasteiger partial charge in [-0.1, -0.05) is 11.3 Å². The summed E-state index contributed by atoms with van der Waals surface area (Å²) in [6, 6.07) is 4.50. The Morgan fingerprint density at radius 1 is 1.29 bits per heavy atom. The van der Waals surface area contributed by atoms with Crippen molar-refractivity contribution >= 4 is 26.5 Å². The lowest BCUT2D eigenvalue weighted by atomic mass is 10.1. The normalized spacial score (nSPS) is 16.7. The lowest BCUT2D eigenvalue weighted by molar-refractivity contribution is -0.134. The van der Waals surface area contributed by atoms with E-state index < -0.39 is 26.9 Å². The Bertz CT molecular complexity index is 1010. The zero-order valence-electron chi connectivity index (χ0n) is 14.2. The number of thiazole rings is 1. The highest BCUT2D eigenvalue weighted by molar-refractivity contribution is 7.89. The van der Waals surface area contributed by atoms with Crippen molar-refractivity contribution in [2.24, 2.45) is 0 Å². The number of benzene rings is 1. The molecule has 0 radical (unpaired) electrons. The summed E-state index contributed by atoms with van der Waals surface area (Å²) in [5, 5.41) is 11.8. The molecule has 0 aliphatic carbocycles. The second kappa shape index (κ2) is 7.65. The van der Waals surface area contributed by atoms with Crippen LogP contribution >= 0.6 is 11.3 Å². The summed E-state index contributed by atoms with van der Waals surface area (Å²) in [6.45, 7) is 0.248. The number of hydrogen-bond donors (Lipinski definition) is 1. The minimum absolute atomic E-state index is 0.124. The molecule has 150 valence electrons. The van der Waals surface area contributed by atoms with Crippen molar-refractivity contribution in [1.82, 2.24) is 9.29 Å². The van der Waals surface area contributed by atoms with Crippen molar-refractivity contribution < 1.29 is 26.0 Å². The van der Waals surface area contributed by atoms with Crippen molar-refractivity contribution in [3.63, 3.8) is 0 Å². The zero-order chi connectivity index (χ0) is 20.5. The Morgan fingerprint density at radius 2 is 1.96 bits per heavy atom. The fraction of sp³-hybridized carbons (Fsp3) is 0.375. The number of anilines is 1. The first-order valence-corrected chi connectivity index (χ1v) is 10.4. The van der Waals surface area contributed by atoms with Gasteiger partial charge >= 0.3 is 6.18 Å². The van der Waals surface area contributed by atoms with Crippen LogP contribution in [0.2, 0.25) is 0 Å². The maximum Gasteiger partial charge on any atom is 0.427 e. The molecule has 1 N–H and O–H groups in total. The van der Waals surface area contributed by atoms with E-state index in [0.29, 0.717) is 24.2 Å². The van der Waals surface area contributed by atoms with Crippen molar-refractivity contribution in [3.05, 3.63) is 40.7 Å². The van der Waals surface area contributed by atoms with Gasteiger partial charge in [0, 0.05) is 19.1 Å². The molecule has 0 bridgehead atoms. The Labute approximate surface area is 162 Å². The molecule has 0 amide bonds. The first-order chi connectivity index (χ1) is 13.1. The van der Waals surface area contributed by atoms with Crippen LogP contribution in [0.25, 0.3) is 0 Å². The first kappa shape index (κ1) is 20.5. The number of nitrogens with one attached hydrogen (secondary N) is 1. The highest BCUT2D eigenvalue weighted by Gasteiger charge is 2.34. The number of alkyl halides is 3. The molecule has 1 saturated heterocycles. The van der Waals surface area contributed by atoms with E-state index >= 15 is 0 Å². The van der Waals surface area contributed by atoms with Gasteiger partial charge in [0.15, 0.2) is 5.13 Å². The minimum atomic E-state index is -4.45. The van der Waals surface area contributed by atoms with Gasteiger partial charge in [-0.15, -0.1) is 0 Å². The van der Waals surface area contributed by atoms with Crippen LogP contribution in [-0.4, -0.2) is 36.8 Å². The Kier molecular flexibility index (Phi) is 5.60. The summed E-state index contributed by atoms with van der Waals surface area (Å²) in [5.74, 6) is -0.913. The highest BCUT2D eigenvalue weighted by atomic mass is 32.2. The number of nitrogens with zero attached hydrogens (tertiary/aromatic N) is 3. The first-order valence-electron chi connectivity index (χ1n) is 8.10. The molecule has 1 aliphatic rings. The summed E-state index contributed by atoms with van der Waals surface area (Å²) in [6.07, 6.45) is -2.98. The van der Waals surface area contributed by atoms with Crippen LogP contribution in [-0.2, 0) is 16.2 Å². The van der Waals surface area contributed by atoms with Gasteiger partial charge in [0.1, 0.15) is 16.8 Å². The fourth-order valence-electron chi connectivity index (χ4n) is 2.78. The van der Waals surface area contributed by atoms with E-state index in [1.54, 1.807) is 6.07 Å². The van der Waals surface area contributed by atoms with Crippen LogP contribution in [0.3, 0.4) is 0 Å². The quantitative estimate of drug-likeness (QED) is 0.745. The van der Waals surface area contributed by atoms with Gasteiger partial charge in [0.05, 0.1) is 16.7 Å². The molecule has 0 saturated carbocycles. The van der Waals surface area contributed by atoms with E-state index in [9.17, 15) is 26.0 Å². The molecule has 1 aliphatic heterocycles. The van der Waals surface area contributed by atoms with Crippen LogP contribution in [0.15, 0.2) is 29.3 Å². The second-order valence-corrected chi connectivity index (χ2v) is 9.07. The van der Waals surface area contributed by atoms with E-state index in [0.717, 1.165) is 18.3 Å². The number of rotatable bonds is 4. The predicted molar refractivity (Wildman–Crippen MR) is 93.6 cm³/mol. The van der Waals surface area contributed by atoms with Gasteiger partial charge in [-0.2, -0.15) is 22.7 Å². The third kappa shape index (κ3) is 4.26. The second-order valence-electron chi connectivity index (χ2n) is 6.10. The third-order valence-corrected chi connectivity index (χ3v) is 7.13. The number of hydrogen-bond acceptors (Lipinski definition) is 6. The van der Waals surface area contributed by atoms with Crippen molar-refractivity contribution in [3.8, 4) is 6.07 Å². The van der Waals surface area contributed by atoms with Crippen LogP contribution in [0.4, 0.5) is 22.7 Å². The molecule has 1 fully saturated rings. The van der Waals surface area contributed by atoms with Crippen molar-refractivity contribution in [2.45, 2.75) is 30.0 Å².